The lowest BCUT2D eigenvalue weighted by Crippen LogP contribution is -2.53. The van der Waals surface area contributed by atoms with Crippen molar-refractivity contribution in [3.05, 3.63) is 0 Å². The van der Waals surface area contributed by atoms with Crippen molar-refractivity contribution >= 4 is 0 Å². The molecule has 0 radical (unpaired) electrons. The molecule has 82 valence electrons. The summed E-state index contributed by atoms with van der Waals surface area (Å²) in [5.41, 5.74) is 5.85. The summed E-state index contributed by atoms with van der Waals surface area (Å²) in [7, 11) is 0. The van der Waals surface area contributed by atoms with Gasteiger partial charge in [-0.25, -0.2) is 0 Å². The monoisotopic (exact) mass is 198 g/mol. The zero-order valence-electron chi connectivity index (χ0n) is 9.28. The number of nitrogens with two attached hydrogens (primary N) is 1. The highest BCUT2D eigenvalue weighted by Crippen LogP contribution is 2.35. The molecule has 0 amide bonds. The van der Waals surface area contributed by atoms with Gasteiger partial charge in [0.1, 0.15) is 0 Å². The Hall–Kier alpha value is -0.120. The Labute approximate surface area is 86.6 Å². The van der Waals surface area contributed by atoms with Crippen LogP contribution in [-0.2, 0) is 4.74 Å². The average Bonchev–Trinajstić information content (AvgIpc) is 2.87. The normalized spacial score (nSPS) is 37.1. The molecule has 1 aliphatic heterocycles. The molecule has 3 nitrogen and oxygen atoms in total. The van der Waals surface area contributed by atoms with Crippen LogP contribution in [0.15, 0.2) is 0 Å². The average molecular weight is 198 g/mol. The van der Waals surface area contributed by atoms with Crippen molar-refractivity contribution in [2.45, 2.75) is 44.9 Å². The van der Waals surface area contributed by atoms with Crippen molar-refractivity contribution in [3.8, 4) is 0 Å². The maximum atomic E-state index is 5.85. The Morgan fingerprint density at radius 3 is 2.29 bits per heavy atom. The van der Waals surface area contributed by atoms with E-state index in [0.717, 1.165) is 25.6 Å². The van der Waals surface area contributed by atoms with E-state index in [2.05, 4.69) is 18.7 Å². The Morgan fingerprint density at radius 1 is 1.29 bits per heavy atom. The summed E-state index contributed by atoms with van der Waals surface area (Å²) in [6, 6.07) is 0.615. The summed E-state index contributed by atoms with van der Waals surface area (Å²) in [6.07, 6.45) is 3.49. The van der Waals surface area contributed by atoms with E-state index in [4.69, 9.17) is 10.5 Å². The fourth-order valence-electron chi connectivity index (χ4n) is 2.61. The summed E-state index contributed by atoms with van der Waals surface area (Å²) in [5.74, 6) is 0.873. The summed E-state index contributed by atoms with van der Waals surface area (Å²) in [6.45, 7) is 7.24. The molecule has 2 N–H and O–H groups in total. The molecule has 0 aromatic heterocycles. The second kappa shape index (κ2) is 4.17. The topological polar surface area (TPSA) is 38.5 Å². The third-order valence-electron chi connectivity index (χ3n) is 3.32. The van der Waals surface area contributed by atoms with Gasteiger partial charge in [-0.3, -0.25) is 4.90 Å². The van der Waals surface area contributed by atoms with Gasteiger partial charge in [0, 0.05) is 25.7 Å². The molecule has 14 heavy (non-hydrogen) atoms. The van der Waals surface area contributed by atoms with Crippen LogP contribution in [0, 0.1) is 5.92 Å². The van der Waals surface area contributed by atoms with Crippen LogP contribution in [0.25, 0.3) is 0 Å². The largest absolute Gasteiger partial charge is 0.373 e. The molecule has 1 heterocycles. The van der Waals surface area contributed by atoms with Crippen LogP contribution < -0.4 is 5.73 Å². The lowest BCUT2D eigenvalue weighted by atomic mass is 10.1. The van der Waals surface area contributed by atoms with Crippen molar-refractivity contribution in [2.24, 2.45) is 11.7 Å². The molecular weight excluding hydrogens is 176 g/mol. The van der Waals surface area contributed by atoms with Gasteiger partial charge in [-0.2, -0.15) is 0 Å². The summed E-state index contributed by atoms with van der Waals surface area (Å²) < 4.78 is 5.73. The molecular formula is C11H22N2O. The first-order valence-corrected chi connectivity index (χ1v) is 5.80. The van der Waals surface area contributed by atoms with Gasteiger partial charge in [0.05, 0.1) is 12.2 Å². The molecule has 0 bridgehead atoms. The molecule has 2 aliphatic rings. The molecule has 0 aromatic carbocycles. The van der Waals surface area contributed by atoms with E-state index >= 15 is 0 Å². The number of hydrogen-bond acceptors (Lipinski definition) is 3. The van der Waals surface area contributed by atoms with Gasteiger partial charge < -0.3 is 10.5 Å². The molecule has 3 heteroatoms. The molecule has 3 atom stereocenters. The highest BCUT2D eigenvalue weighted by molar-refractivity contribution is 4.91. The van der Waals surface area contributed by atoms with Crippen LogP contribution in [-0.4, -0.2) is 42.8 Å². The van der Waals surface area contributed by atoms with Crippen LogP contribution in [0.1, 0.15) is 26.7 Å². The highest BCUT2D eigenvalue weighted by Gasteiger charge is 2.37. The Morgan fingerprint density at radius 2 is 1.86 bits per heavy atom. The zero-order chi connectivity index (χ0) is 10.1. The molecule has 2 fully saturated rings. The van der Waals surface area contributed by atoms with E-state index in [1.807, 2.05) is 0 Å². The van der Waals surface area contributed by atoms with Gasteiger partial charge in [-0.15, -0.1) is 0 Å². The van der Waals surface area contributed by atoms with E-state index in [1.54, 1.807) is 0 Å². The van der Waals surface area contributed by atoms with Crippen molar-refractivity contribution in [3.63, 3.8) is 0 Å². The van der Waals surface area contributed by atoms with Crippen molar-refractivity contribution < 1.29 is 4.74 Å². The molecule has 1 saturated carbocycles. The van der Waals surface area contributed by atoms with E-state index in [1.165, 1.54) is 12.8 Å². The second-order valence-corrected chi connectivity index (χ2v) is 4.85. The fraction of sp³-hybridized carbons (Fsp3) is 1.00. The first-order chi connectivity index (χ1) is 6.70. The third-order valence-corrected chi connectivity index (χ3v) is 3.32. The second-order valence-electron chi connectivity index (χ2n) is 4.85. The summed E-state index contributed by atoms with van der Waals surface area (Å²) in [4.78, 5) is 2.54. The highest BCUT2D eigenvalue weighted by atomic mass is 16.5. The Balaban J connectivity index is 1.93. The van der Waals surface area contributed by atoms with Crippen LogP contribution in [0.5, 0.6) is 0 Å². The van der Waals surface area contributed by atoms with Gasteiger partial charge in [0.2, 0.25) is 0 Å². The van der Waals surface area contributed by atoms with Gasteiger partial charge in [-0.05, 0) is 32.6 Å². The van der Waals surface area contributed by atoms with E-state index in [-0.39, 0.29) is 0 Å². The molecule has 0 spiro atoms. The predicted octanol–water partition coefficient (Wildman–Crippen LogP) is 0.833. The standard InChI is InChI=1S/C11H22N2O/c1-8-6-13(7-9(2)14-8)11(5-12)10-3-4-10/h8-11H,3-7,12H2,1-2H3. The van der Waals surface area contributed by atoms with Crippen molar-refractivity contribution in [2.75, 3.05) is 19.6 Å². The number of ether oxygens (including phenoxy) is 1. The molecule has 1 saturated heterocycles. The van der Waals surface area contributed by atoms with Crippen molar-refractivity contribution in [1.82, 2.24) is 4.90 Å². The van der Waals surface area contributed by atoms with Crippen LogP contribution >= 0.6 is 0 Å². The minimum atomic E-state index is 0.367. The SMILES string of the molecule is CC1CN(C(CN)C2CC2)CC(C)O1. The van der Waals surface area contributed by atoms with Crippen LogP contribution in [0.3, 0.4) is 0 Å². The third kappa shape index (κ3) is 2.27. The number of hydrogen-bond donors (Lipinski definition) is 1. The smallest absolute Gasteiger partial charge is 0.0678 e. The fourth-order valence-corrected chi connectivity index (χ4v) is 2.61. The van der Waals surface area contributed by atoms with Gasteiger partial charge in [-0.1, -0.05) is 0 Å². The quantitative estimate of drug-likeness (QED) is 0.730. The maximum absolute atomic E-state index is 5.85. The first kappa shape index (κ1) is 10.4. The van der Waals surface area contributed by atoms with E-state index < -0.39 is 0 Å². The molecule has 0 aromatic rings. The van der Waals surface area contributed by atoms with Crippen LogP contribution in [0.4, 0.5) is 0 Å². The van der Waals surface area contributed by atoms with Gasteiger partial charge in [0.15, 0.2) is 0 Å². The predicted molar refractivity (Wildman–Crippen MR) is 57.1 cm³/mol. The maximum Gasteiger partial charge on any atom is 0.0678 e. The van der Waals surface area contributed by atoms with Crippen molar-refractivity contribution in [1.29, 1.82) is 0 Å². The molecule has 3 unspecified atom stereocenters. The zero-order valence-corrected chi connectivity index (χ0v) is 9.28. The first-order valence-electron chi connectivity index (χ1n) is 5.80. The Kier molecular flexibility index (Phi) is 3.10. The van der Waals surface area contributed by atoms with E-state index in [0.29, 0.717) is 18.2 Å². The molecule has 2 rings (SSSR count). The minimum absolute atomic E-state index is 0.367. The summed E-state index contributed by atoms with van der Waals surface area (Å²) in [5, 5.41) is 0. The van der Waals surface area contributed by atoms with Gasteiger partial charge >= 0.3 is 0 Å². The molecule has 1 aliphatic carbocycles. The number of rotatable bonds is 3. The minimum Gasteiger partial charge on any atom is -0.373 e. The summed E-state index contributed by atoms with van der Waals surface area (Å²) >= 11 is 0. The lowest BCUT2D eigenvalue weighted by Gasteiger charge is -2.40. The Bertz CT molecular complexity index is 184. The lowest BCUT2D eigenvalue weighted by molar-refractivity contribution is -0.0816. The van der Waals surface area contributed by atoms with E-state index in [9.17, 15) is 0 Å². The number of nitrogens with zero attached hydrogens (tertiary/aromatic N) is 1. The number of morpholine rings is 1. The van der Waals surface area contributed by atoms with Crippen LogP contribution in [0.2, 0.25) is 0 Å². The van der Waals surface area contributed by atoms with Gasteiger partial charge in [0.25, 0.3) is 0 Å².